The number of pyridine rings is 1. The van der Waals surface area contributed by atoms with E-state index in [-0.39, 0.29) is 24.7 Å². The van der Waals surface area contributed by atoms with E-state index in [0.29, 0.717) is 11.3 Å². The number of carbonyl (C=O) groups excluding carboxylic acids is 1. The van der Waals surface area contributed by atoms with Crippen LogP contribution in [0.5, 0.6) is 11.5 Å². The van der Waals surface area contributed by atoms with E-state index in [9.17, 15) is 9.90 Å². The Kier molecular flexibility index (Phi) is 4.77. The Balaban J connectivity index is 1.28. The summed E-state index contributed by atoms with van der Waals surface area (Å²) in [7, 11) is 1.72. The Morgan fingerprint density at radius 2 is 2.07 bits per heavy atom. The maximum Gasteiger partial charge on any atom is 0.256 e. The van der Waals surface area contributed by atoms with Crippen molar-refractivity contribution in [1.29, 1.82) is 0 Å². The number of likely N-dealkylation sites (N-methyl/N-ethyl adjacent to an activating group) is 1. The van der Waals surface area contributed by atoms with E-state index >= 15 is 0 Å². The molecule has 1 atom stereocenters. The summed E-state index contributed by atoms with van der Waals surface area (Å²) in [5.41, 5.74) is 3.53. The van der Waals surface area contributed by atoms with Crippen LogP contribution >= 0.6 is 0 Å². The first-order valence-corrected chi connectivity index (χ1v) is 10.6. The molecule has 7 heteroatoms. The van der Waals surface area contributed by atoms with E-state index in [0.717, 1.165) is 61.8 Å². The maximum absolute atomic E-state index is 12.4. The van der Waals surface area contributed by atoms with Crippen LogP contribution in [0.25, 0.3) is 0 Å². The molecule has 3 aliphatic heterocycles. The van der Waals surface area contributed by atoms with Crippen LogP contribution in [0.15, 0.2) is 24.3 Å². The van der Waals surface area contributed by atoms with Gasteiger partial charge in [0, 0.05) is 45.5 Å². The third-order valence-corrected chi connectivity index (χ3v) is 6.43. The molecule has 0 saturated carbocycles. The number of benzene rings is 1. The number of aromatic nitrogens is 1. The van der Waals surface area contributed by atoms with Gasteiger partial charge < -0.3 is 24.4 Å². The van der Waals surface area contributed by atoms with Crippen LogP contribution in [-0.2, 0) is 6.42 Å². The third-order valence-electron chi connectivity index (χ3n) is 6.43. The molecule has 1 amide bonds. The lowest BCUT2D eigenvalue weighted by atomic mass is 10.0. The lowest BCUT2D eigenvalue weighted by molar-refractivity contribution is 0.0715. The summed E-state index contributed by atoms with van der Waals surface area (Å²) in [5.74, 6) is 2.64. The van der Waals surface area contributed by atoms with Gasteiger partial charge in [-0.1, -0.05) is 6.07 Å². The van der Waals surface area contributed by atoms with Gasteiger partial charge in [0.05, 0.1) is 30.5 Å². The molecular weight excluding hydrogens is 382 g/mol. The normalized spacial score (nSPS) is 20.9. The van der Waals surface area contributed by atoms with Crippen molar-refractivity contribution in [3.05, 3.63) is 46.6 Å². The van der Waals surface area contributed by atoms with Gasteiger partial charge in [0.25, 0.3) is 5.91 Å². The van der Waals surface area contributed by atoms with Gasteiger partial charge in [-0.15, -0.1) is 0 Å². The first-order chi connectivity index (χ1) is 14.5. The number of piperidine rings is 1. The predicted octanol–water partition coefficient (Wildman–Crippen LogP) is 2.49. The number of aliphatic hydroxyl groups is 1. The molecule has 3 aliphatic rings. The zero-order chi connectivity index (χ0) is 20.8. The number of aryl methyl sites for hydroxylation is 1. The molecule has 7 nitrogen and oxygen atoms in total. The first-order valence-electron chi connectivity index (χ1n) is 10.6. The van der Waals surface area contributed by atoms with E-state index in [1.807, 2.05) is 25.1 Å². The van der Waals surface area contributed by atoms with Gasteiger partial charge in [-0.05, 0) is 30.2 Å². The van der Waals surface area contributed by atoms with Crippen LogP contribution in [0.3, 0.4) is 0 Å². The van der Waals surface area contributed by atoms with Crippen LogP contribution in [0.4, 0.5) is 5.82 Å². The van der Waals surface area contributed by atoms with Gasteiger partial charge in [0.2, 0.25) is 0 Å². The molecule has 1 N–H and O–H groups in total. The minimum atomic E-state index is -0.366. The third kappa shape index (κ3) is 3.17. The van der Waals surface area contributed by atoms with Gasteiger partial charge >= 0.3 is 0 Å². The molecule has 0 aliphatic carbocycles. The number of nitrogens with zero attached hydrogens (tertiary/aromatic N) is 3. The Bertz CT molecular complexity index is 985. The molecule has 0 unspecified atom stereocenters. The Morgan fingerprint density at radius 1 is 1.27 bits per heavy atom. The number of rotatable bonds is 4. The van der Waals surface area contributed by atoms with Crippen molar-refractivity contribution in [2.45, 2.75) is 38.3 Å². The van der Waals surface area contributed by atoms with Gasteiger partial charge in [0.1, 0.15) is 23.4 Å². The van der Waals surface area contributed by atoms with Crippen molar-refractivity contribution in [2.75, 3.05) is 38.3 Å². The van der Waals surface area contributed by atoms with Crippen molar-refractivity contribution in [3.8, 4) is 11.5 Å². The summed E-state index contributed by atoms with van der Waals surface area (Å²) in [6, 6.07) is 7.69. The predicted molar refractivity (Wildman–Crippen MR) is 112 cm³/mol. The average Bonchev–Trinajstić information content (AvgIpc) is 3.31. The summed E-state index contributed by atoms with van der Waals surface area (Å²) >= 11 is 0. The van der Waals surface area contributed by atoms with Gasteiger partial charge in [0.15, 0.2) is 0 Å². The standard InChI is InChI=1S/C23H27N3O4/c1-14-11-18-21(19(13-27)25(2)23(18)28)24-22(14)26-8-5-16(6-9-26)30-17-4-3-15-7-10-29-20(15)12-17/h3-4,11-12,16,19,27H,5-10,13H2,1-2H3/t19-/m1/s1. The van der Waals surface area contributed by atoms with Crippen molar-refractivity contribution >= 4 is 11.7 Å². The highest BCUT2D eigenvalue weighted by Gasteiger charge is 2.36. The minimum Gasteiger partial charge on any atom is -0.493 e. The quantitative estimate of drug-likeness (QED) is 0.836. The second-order valence-corrected chi connectivity index (χ2v) is 8.35. The second-order valence-electron chi connectivity index (χ2n) is 8.35. The van der Waals surface area contributed by atoms with Crippen molar-refractivity contribution in [2.24, 2.45) is 0 Å². The zero-order valence-corrected chi connectivity index (χ0v) is 17.4. The molecule has 1 saturated heterocycles. The highest BCUT2D eigenvalue weighted by molar-refractivity contribution is 5.99. The highest BCUT2D eigenvalue weighted by atomic mass is 16.5. The Labute approximate surface area is 176 Å². The molecule has 1 aromatic heterocycles. The summed E-state index contributed by atoms with van der Waals surface area (Å²) in [5, 5.41) is 9.73. The van der Waals surface area contributed by atoms with Crippen molar-refractivity contribution < 1.29 is 19.4 Å². The number of ether oxygens (including phenoxy) is 2. The zero-order valence-electron chi connectivity index (χ0n) is 17.4. The molecule has 2 aromatic rings. The largest absolute Gasteiger partial charge is 0.493 e. The fourth-order valence-corrected chi connectivity index (χ4v) is 4.68. The second kappa shape index (κ2) is 7.47. The maximum atomic E-state index is 12.4. The summed E-state index contributed by atoms with van der Waals surface area (Å²) in [6.45, 7) is 4.31. The number of carbonyl (C=O) groups is 1. The van der Waals surface area contributed by atoms with Gasteiger partial charge in [-0.2, -0.15) is 0 Å². The fraction of sp³-hybridized carbons (Fsp3) is 0.478. The minimum absolute atomic E-state index is 0.0726. The molecule has 4 heterocycles. The molecule has 158 valence electrons. The summed E-state index contributed by atoms with van der Waals surface area (Å²) < 4.78 is 11.9. The lowest BCUT2D eigenvalue weighted by Gasteiger charge is -2.34. The molecule has 0 radical (unpaired) electrons. The molecule has 0 bridgehead atoms. The highest BCUT2D eigenvalue weighted by Crippen LogP contribution is 2.35. The molecule has 1 aromatic carbocycles. The SMILES string of the molecule is Cc1cc2c(nc1N1CCC(Oc3ccc4c(c3)OCC4)CC1)[C@@H](CO)N(C)C2=O. The summed E-state index contributed by atoms with van der Waals surface area (Å²) in [6.07, 6.45) is 2.93. The first kappa shape index (κ1) is 19.2. The average molecular weight is 409 g/mol. The van der Waals surface area contributed by atoms with Gasteiger partial charge in [-0.25, -0.2) is 4.98 Å². The van der Waals surface area contributed by atoms with E-state index in [1.165, 1.54) is 5.56 Å². The number of fused-ring (bicyclic) bond motifs is 2. The number of hydrogen-bond acceptors (Lipinski definition) is 6. The Morgan fingerprint density at radius 3 is 2.83 bits per heavy atom. The summed E-state index contributed by atoms with van der Waals surface area (Å²) in [4.78, 5) is 21.1. The van der Waals surface area contributed by atoms with Crippen LogP contribution in [0.1, 0.15) is 46.1 Å². The molecule has 30 heavy (non-hydrogen) atoms. The van der Waals surface area contributed by atoms with Crippen LogP contribution in [-0.4, -0.2) is 60.4 Å². The topological polar surface area (TPSA) is 75.1 Å². The van der Waals surface area contributed by atoms with Crippen LogP contribution < -0.4 is 14.4 Å². The van der Waals surface area contributed by atoms with Gasteiger partial charge in [-0.3, -0.25) is 4.79 Å². The molecular formula is C23H27N3O4. The molecule has 1 fully saturated rings. The number of amides is 1. The lowest BCUT2D eigenvalue weighted by Crippen LogP contribution is -2.39. The van der Waals surface area contributed by atoms with Crippen LogP contribution in [0.2, 0.25) is 0 Å². The van der Waals surface area contributed by atoms with Crippen molar-refractivity contribution in [3.63, 3.8) is 0 Å². The monoisotopic (exact) mass is 409 g/mol. The number of hydrogen-bond donors (Lipinski definition) is 1. The smallest absolute Gasteiger partial charge is 0.256 e. The molecule has 5 rings (SSSR count). The fourth-order valence-electron chi connectivity index (χ4n) is 4.68. The van der Waals surface area contributed by atoms with Crippen molar-refractivity contribution in [1.82, 2.24) is 9.88 Å². The van der Waals surface area contributed by atoms with Crippen LogP contribution in [0, 0.1) is 6.92 Å². The van der Waals surface area contributed by atoms with E-state index in [4.69, 9.17) is 14.5 Å². The van der Waals surface area contributed by atoms with E-state index in [1.54, 1.807) is 11.9 Å². The molecule has 0 spiro atoms. The number of anilines is 1. The number of aliphatic hydroxyl groups excluding tert-OH is 1. The Hall–Kier alpha value is -2.80. The van der Waals surface area contributed by atoms with E-state index < -0.39 is 0 Å². The van der Waals surface area contributed by atoms with E-state index in [2.05, 4.69) is 11.0 Å².